The van der Waals surface area contributed by atoms with Gasteiger partial charge in [-0.05, 0) is 11.1 Å². The average Bonchev–Trinajstić information content (AvgIpc) is 2.63. The number of nitrogens with one attached hydrogen (secondary N) is 1. The Labute approximate surface area is 155 Å². The van der Waals surface area contributed by atoms with Crippen LogP contribution in [-0.2, 0) is 36.6 Å². The molecule has 3 aromatic carbocycles. The molecule has 1 unspecified atom stereocenters. The number of hydrogen-bond donors (Lipinski definition) is 1. The molecule has 1 radical (unpaired) electrons. The molecule has 0 saturated heterocycles. The summed E-state index contributed by atoms with van der Waals surface area (Å²) in [5.74, 6) is 0. The Balaban J connectivity index is 1.82. The molecular weight excluding hydrogens is 346 g/mol. The molecule has 0 fully saturated rings. The number of hydrogen-bond acceptors (Lipinski definition) is 2. The highest BCUT2D eigenvalue weighted by Crippen LogP contribution is 2.17. The molecule has 5 heteroatoms. The van der Waals surface area contributed by atoms with E-state index in [4.69, 9.17) is 4.28 Å². The topological polar surface area (TPSA) is 50.6 Å². The van der Waals surface area contributed by atoms with Crippen LogP contribution >= 0.6 is 0 Å². The Bertz CT molecular complexity index is 825. The van der Waals surface area contributed by atoms with Gasteiger partial charge in [-0.3, -0.25) is 0 Å². The lowest BCUT2D eigenvalue weighted by atomic mass is 10.2. The summed E-state index contributed by atoms with van der Waals surface area (Å²) < 4.78 is 30.9. The van der Waals surface area contributed by atoms with Crippen molar-refractivity contribution in [3.05, 3.63) is 102 Å². The van der Waals surface area contributed by atoms with Crippen molar-refractivity contribution < 1.29 is 18.1 Å². The standard InChI is InChI=1S/C21H21NO3S/c1-18-12-14-21(15-13-18)26(23,24)25-22(16-19-8-4-2-5-9-19)17-20-10-6-3-7-11-20/h2-15H,16-17H2,1H3/q+1/p+1. The van der Waals surface area contributed by atoms with Gasteiger partial charge in [-0.2, -0.15) is 0 Å². The molecule has 0 aliphatic rings. The van der Waals surface area contributed by atoms with E-state index < -0.39 is 10.5 Å². The van der Waals surface area contributed by atoms with Gasteiger partial charge in [0.05, 0.1) is 8.84 Å². The fraction of sp³-hybridized carbons (Fsp3) is 0.143. The lowest BCUT2D eigenvalue weighted by Crippen LogP contribution is -3.09. The molecule has 0 aliphatic heterocycles. The van der Waals surface area contributed by atoms with E-state index >= 15 is 0 Å². The second kappa shape index (κ2) is 8.38. The van der Waals surface area contributed by atoms with Crippen molar-refractivity contribution in [2.75, 3.05) is 0 Å². The highest BCUT2D eigenvalue weighted by molar-refractivity contribution is 7.92. The number of benzene rings is 3. The van der Waals surface area contributed by atoms with Gasteiger partial charge in [0.1, 0.15) is 13.1 Å². The first-order valence-corrected chi connectivity index (χ1v) is 9.87. The van der Waals surface area contributed by atoms with Crippen LogP contribution in [0.1, 0.15) is 16.7 Å². The minimum atomic E-state index is -3.85. The fourth-order valence-corrected chi connectivity index (χ4v) is 3.67. The van der Waals surface area contributed by atoms with E-state index in [2.05, 4.69) is 0 Å². The first-order valence-electron chi connectivity index (χ1n) is 8.47. The smallest absolute Gasteiger partial charge is 0.129 e. The fourth-order valence-electron chi connectivity index (χ4n) is 2.68. The van der Waals surface area contributed by atoms with Gasteiger partial charge in [-0.25, -0.2) is 0 Å². The van der Waals surface area contributed by atoms with Crippen molar-refractivity contribution in [2.45, 2.75) is 24.9 Å². The van der Waals surface area contributed by atoms with Crippen LogP contribution in [0.15, 0.2) is 89.8 Å². The second-order valence-electron chi connectivity index (χ2n) is 6.21. The first kappa shape index (κ1) is 18.5. The highest BCUT2D eigenvalue weighted by atomic mass is 32.3. The summed E-state index contributed by atoms with van der Waals surface area (Å²) in [6.45, 7) is 2.81. The maximum Gasteiger partial charge on any atom is 0.482 e. The highest BCUT2D eigenvalue weighted by Gasteiger charge is 2.41. The van der Waals surface area contributed by atoms with Crippen molar-refractivity contribution in [1.29, 1.82) is 0 Å². The van der Waals surface area contributed by atoms with Gasteiger partial charge in [0.2, 0.25) is 4.90 Å². The summed E-state index contributed by atoms with van der Waals surface area (Å²) in [6.07, 6.45) is 0. The molecule has 1 N–H and O–H groups in total. The summed E-state index contributed by atoms with van der Waals surface area (Å²) in [5.41, 5.74) is 3.02. The van der Waals surface area contributed by atoms with Crippen LogP contribution in [0.25, 0.3) is 0 Å². The average molecular weight is 368 g/mol. The van der Waals surface area contributed by atoms with Crippen molar-refractivity contribution >= 4 is 10.5 Å². The van der Waals surface area contributed by atoms with E-state index in [9.17, 15) is 8.76 Å². The molecule has 133 valence electrons. The Morgan fingerprint density at radius 3 is 1.69 bits per heavy atom. The minimum Gasteiger partial charge on any atom is -0.129 e. The Hall–Kier alpha value is -2.31. The van der Waals surface area contributed by atoms with Crippen LogP contribution in [0.5, 0.6) is 0 Å². The molecule has 4 nitrogen and oxygen atoms in total. The number of hydroxylamine groups is 2. The number of aryl methyl sites for hydroxylation is 1. The van der Waals surface area contributed by atoms with Crippen molar-refractivity contribution in [3.8, 4) is 0 Å². The molecule has 0 bridgehead atoms. The number of rotatable bonds is 7. The molecule has 0 aliphatic carbocycles. The SMILES string of the molecule is Cc1ccc([S+]([O])(=O)O[NH+](Cc2ccccc2)Cc2ccccc2)cc1. The molecule has 3 aromatic rings. The van der Waals surface area contributed by atoms with Crippen molar-refractivity contribution in [3.63, 3.8) is 0 Å². The van der Waals surface area contributed by atoms with Gasteiger partial charge in [0.25, 0.3) is 0 Å². The zero-order chi connectivity index (χ0) is 18.4. The molecular formula is C21H22NO3S+2. The lowest BCUT2D eigenvalue weighted by Gasteiger charge is -2.14. The third-order valence-corrected chi connectivity index (χ3v) is 5.33. The van der Waals surface area contributed by atoms with Gasteiger partial charge in [0.15, 0.2) is 0 Å². The van der Waals surface area contributed by atoms with Crippen LogP contribution in [0.3, 0.4) is 0 Å². The Kier molecular flexibility index (Phi) is 5.96. The third-order valence-electron chi connectivity index (χ3n) is 4.03. The van der Waals surface area contributed by atoms with Crippen LogP contribution < -0.4 is 5.06 Å². The first-order chi connectivity index (χ1) is 12.5. The van der Waals surface area contributed by atoms with E-state index in [1.165, 1.54) is 0 Å². The van der Waals surface area contributed by atoms with Crippen molar-refractivity contribution in [1.82, 2.24) is 0 Å². The molecule has 26 heavy (non-hydrogen) atoms. The summed E-state index contributed by atoms with van der Waals surface area (Å²) >= 11 is 0. The van der Waals surface area contributed by atoms with E-state index in [1.54, 1.807) is 24.3 Å². The molecule has 3 rings (SSSR count). The van der Waals surface area contributed by atoms with Gasteiger partial charge in [-0.15, -0.1) is 5.06 Å². The summed E-state index contributed by atoms with van der Waals surface area (Å²) in [7, 11) is -3.85. The molecule has 0 aromatic heterocycles. The summed E-state index contributed by atoms with van der Waals surface area (Å²) in [4.78, 5) is 0.168. The molecule has 0 saturated carbocycles. The van der Waals surface area contributed by atoms with E-state index in [0.29, 0.717) is 18.2 Å². The number of quaternary nitrogens is 1. The maximum absolute atomic E-state index is 12.7. The zero-order valence-corrected chi connectivity index (χ0v) is 15.4. The van der Waals surface area contributed by atoms with Crippen LogP contribution in [-0.4, -0.2) is 0 Å². The molecule has 1 atom stereocenters. The quantitative estimate of drug-likeness (QED) is 0.514. The Morgan fingerprint density at radius 1 is 0.769 bits per heavy atom. The third kappa shape index (κ3) is 5.09. The van der Waals surface area contributed by atoms with Crippen LogP contribution in [0, 0.1) is 6.92 Å². The molecule has 0 spiro atoms. The minimum absolute atomic E-state index is 0.168. The van der Waals surface area contributed by atoms with Crippen molar-refractivity contribution in [2.24, 2.45) is 0 Å². The zero-order valence-electron chi connectivity index (χ0n) is 14.6. The largest absolute Gasteiger partial charge is 0.482 e. The van der Waals surface area contributed by atoms with E-state index in [-0.39, 0.29) is 4.90 Å². The predicted molar refractivity (Wildman–Crippen MR) is 101 cm³/mol. The lowest BCUT2D eigenvalue weighted by molar-refractivity contribution is -1.09. The van der Waals surface area contributed by atoms with Gasteiger partial charge >= 0.3 is 10.5 Å². The Morgan fingerprint density at radius 2 is 1.23 bits per heavy atom. The van der Waals surface area contributed by atoms with Gasteiger partial charge in [0, 0.05) is 23.3 Å². The van der Waals surface area contributed by atoms with Crippen LogP contribution in [0.4, 0.5) is 0 Å². The normalized spacial score (nSPS) is 13.5. The monoisotopic (exact) mass is 368 g/mol. The second-order valence-corrected chi connectivity index (χ2v) is 7.76. The van der Waals surface area contributed by atoms with E-state index in [0.717, 1.165) is 16.7 Å². The predicted octanol–water partition coefficient (Wildman–Crippen LogP) is 3.33. The van der Waals surface area contributed by atoms with Crippen LogP contribution in [0.2, 0.25) is 0 Å². The molecule has 0 amide bonds. The summed E-state index contributed by atoms with van der Waals surface area (Å²) in [6, 6.07) is 26.2. The van der Waals surface area contributed by atoms with Gasteiger partial charge in [-0.1, -0.05) is 78.4 Å². The summed E-state index contributed by atoms with van der Waals surface area (Å²) in [5, 5.41) is 0.503. The molecule has 0 heterocycles. The maximum atomic E-state index is 12.7. The van der Waals surface area contributed by atoms with Gasteiger partial charge < -0.3 is 0 Å². The van der Waals surface area contributed by atoms with E-state index in [1.807, 2.05) is 67.6 Å².